The molecule has 2 N–H and O–H groups in total. The Labute approximate surface area is 101 Å². The van der Waals surface area contributed by atoms with Gasteiger partial charge < -0.3 is 15.2 Å². The van der Waals surface area contributed by atoms with Crippen molar-refractivity contribution in [1.82, 2.24) is 0 Å². The molecular formula is C13H18FNO2. The van der Waals surface area contributed by atoms with Gasteiger partial charge in [0.15, 0.2) is 0 Å². The normalized spacial score (nSPS) is 24.6. The van der Waals surface area contributed by atoms with Gasteiger partial charge in [-0.2, -0.15) is 0 Å². The van der Waals surface area contributed by atoms with Crippen LogP contribution in [0, 0.1) is 5.82 Å². The van der Waals surface area contributed by atoms with E-state index in [4.69, 9.17) is 15.2 Å². The lowest BCUT2D eigenvalue weighted by Gasteiger charge is -2.28. The molecule has 1 saturated carbocycles. The van der Waals surface area contributed by atoms with Crippen LogP contribution in [0.1, 0.15) is 25.7 Å². The third kappa shape index (κ3) is 3.33. The van der Waals surface area contributed by atoms with E-state index in [1.165, 1.54) is 12.1 Å². The van der Waals surface area contributed by atoms with E-state index in [0.29, 0.717) is 11.4 Å². The van der Waals surface area contributed by atoms with Gasteiger partial charge in [0.25, 0.3) is 0 Å². The molecule has 1 aliphatic carbocycles. The zero-order valence-electron chi connectivity index (χ0n) is 9.99. The highest BCUT2D eigenvalue weighted by Crippen LogP contribution is 2.26. The molecule has 2 unspecified atom stereocenters. The lowest BCUT2D eigenvalue weighted by atomic mass is 9.95. The Bertz CT molecular complexity index is 363. The van der Waals surface area contributed by atoms with Crippen molar-refractivity contribution in [2.75, 3.05) is 12.8 Å². The summed E-state index contributed by atoms with van der Waals surface area (Å²) in [6.45, 7) is 0. The van der Waals surface area contributed by atoms with Gasteiger partial charge in [-0.25, -0.2) is 4.39 Å². The smallest absolute Gasteiger partial charge is 0.128 e. The molecule has 1 aromatic carbocycles. The molecule has 94 valence electrons. The van der Waals surface area contributed by atoms with Gasteiger partial charge in [-0.3, -0.25) is 0 Å². The molecule has 1 fully saturated rings. The van der Waals surface area contributed by atoms with E-state index in [2.05, 4.69) is 0 Å². The summed E-state index contributed by atoms with van der Waals surface area (Å²) < 4.78 is 24.2. The number of nitrogen functional groups attached to an aromatic ring is 1. The first-order valence-electron chi connectivity index (χ1n) is 5.93. The van der Waals surface area contributed by atoms with Crippen molar-refractivity contribution in [3.8, 4) is 5.75 Å². The Hall–Kier alpha value is -1.29. The molecule has 0 aliphatic heterocycles. The zero-order valence-corrected chi connectivity index (χ0v) is 9.99. The van der Waals surface area contributed by atoms with Crippen molar-refractivity contribution < 1.29 is 13.9 Å². The maximum absolute atomic E-state index is 13.1. The van der Waals surface area contributed by atoms with Gasteiger partial charge in [-0.1, -0.05) is 0 Å². The van der Waals surface area contributed by atoms with Crippen molar-refractivity contribution in [1.29, 1.82) is 0 Å². The van der Waals surface area contributed by atoms with Gasteiger partial charge in [-0.15, -0.1) is 0 Å². The highest BCUT2D eigenvalue weighted by atomic mass is 19.1. The van der Waals surface area contributed by atoms with E-state index >= 15 is 0 Å². The minimum Gasteiger partial charge on any atom is -0.490 e. The van der Waals surface area contributed by atoms with Crippen LogP contribution < -0.4 is 10.5 Å². The third-order valence-corrected chi connectivity index (χ3v) is 3.11. The molecule has 0 heterocycles. The largest absolute Gasteiger partial charge is 0.490 e. The van der Waals surface area contributed by atoms with Crippen LogP contribution in [0.2, 0.25) is 0 Å². The van der Waals surface area contributed by atoms with Crippen LogP contribution in [0.15, 0.2) is 18.2 Å². The van der Waals surface area contributed by atoms with Crippen molar-refractivity contribution in [3.63, 3.8) is 0 Å². The summed E-state index contributed by atoms with van der Waals surface area (Å²) in [7, 11) is 1.72. The maximum Gasteiger partial charge on any atom is 0.128 e. The van der Waals surface area contributed by atoms with Crippen LogP contribution in [0.5, 0.6) is 5.75 Å². The Morgan fingerprint density at radius 3 is 2.71 bits per heavy atom. The van der Waals surface area contributed by atoms with E-state index in [1.54, 1.807) is 13.2 Å². The molecule has 1 aliphatic rings. The summed E-state index contributed by atoms with van der Waals surface area (Å²) in [6.07, 6.45) is 4.33. The lowest BCUT2D eigenvalue weighted by molar-refractivity contribution is 0.0209. The highest BCUT2D eigenvalue weighted by Gasteiger charge is 2.23. The number of anilines is 1. The van der Waals surface area contributed by atoms with Crippen molar-refractivity contribution in [3.05, 3.63) is 24.0 Å². The summed E-state index contributed by atoms with van der Waals surface area (Å²) in [5.74, 6) is 0.142. The number of halogens is 1. The standard InChI is InChI=1S/C13H18FNO2/c1-16-11-3-2-4-12(8-11)17-13-6-9(14)5-10(15)7-13/h5-7,11-12H,2-4,8,15H2,1H3. The number of ether oxygens (including phenoxy) is 2. The van der Waals surface area contributed by atoms with Crippen molar-refractivity contribution in [2.24, 2.45) is 0 Å². The van der Waals surface area contributed by atoms with E-state index in [1.807, 2.05) is 0 Å². The molecule has 0 bridgehead atoms. The average Bonchev–Trinajstić information content (AvgIpc) is 2.28. The van der Waals surface area contributed by atoms with Crippen LogP contribution >= 0.6 is 0 Å². The van der Waals surface area contributed by atoms with Gasteiger partial charge >= 0.3 is 0 Å². The van der Waals surface area contributed by atoms with E-state index in [9.17, 15) is 4.39 Å². The topological polar surface area (TPSA) is 44.5 Å². The van der Waals surface area contributed by atoms with Crippen LogP contribution in [0.25, 0.3) is 0 Å². The minimum absolute atomic E-state index is 0.0925. The Balaban J connectivity index is 2.00. The number of hydrogen-bond acceptors (Lipinski definition) is 3. The number of rotatable bonds is 3. The first kappa shape index (κ1) is 12.2. The molecule has 17 heavy (non-hydrogen) atoms. The van der Waals surface area contributed by atoms with Gasteiger partial charge in [0, 0.05) is 31.4 Å². The number of benzene rings is 1. The molecule has 0 aromatic heterocycles. The van der Waals surface area contributed by atoms with Gasteiger partial charge in [-0.05, 0) is 25.3 Å². The summed E-state index contributed by atoms with van der Waals surface area (Å²) >= 11 is 0. The van der Waals surface area contributed by atoms with E-state index in [0.717, 1.165) is 25.7 Å². The monoisotopic (exact) mass is 239 g/mol. The first-order chi connectivity index (χ1) is 8.17. The van der Waals surface area contributed by atoms with Crippen LogP contribution in [0.4, 0.5) is 10.1 Å². The van der Waals surface area contributed by atoms with Gasteiger partial charge in [0.2, 0.25) is 0 Å². The molecule has 0 saturated heterocycles. The van der Waals surface area contributed by atoms with E-state index in [-0.39, 0.29) is 18.0 Å². The van der Waals surface area contributed by atoms with Crippen LogP contribution in [0.3, 0.4) is 0 Å². The van der Waals surface area contributed by atoms with Crippen molar-refractivity contribution in [2.45, 2.75) is 37.9 Å². The third-order valence-electron chi connectivity index (χ3n) is 3.11. The summed E-state index contributed by atoms with van der Waals surface area (Å²) in [5, 5.41) is 0. The highest BCUT2D eigenvalue weighted by molar-refractivity contribution is 5.44. The average molecular weight is 239 g/mol. The summed E-state index contributed by atoms with van der Waals surface area (Å²) in [4.78, 5) is 0. The van der Waals surface area contributed by atoms with Crippen LogP contribution in [-0.4, -0.2) is 19.3 Å². The Morgan fingerprint density at radius 2 is 2.00 bits per heavy atom. The predicted octanol–water partition coefficient (Wildman–Crippen LogP) is 2.74. The molecule has 0 spiro atoms. The molecule has 2 atom stereocenters. The minimum atomic E-state index is -0.362. The molecule has 2 rings (SSSR count). The molecule has 3 nitrogen and oxygen atoms in total. The fraction of sp³-hybridized carbons (Fsp3) is 0.538. The fourth-order valence-electron chi connectivity index (χ4n) is 2.27. The molecule has 0 amide bonds. The van der Waals surface area contributed by atoms with E-state index < -0.39 is 0 Å². The van der Waals surface area contributed by atoms with Crippen LogP contribution in [-0.2, 0) is 4.74 Å². The van der Waals surface area contributed by atoms with Crippen molar-refractivity contribution >= 4 is 5.69 Å². The number of nitrogens with two attached hydrogens (primary N) is 1. The SMILES string of the molecule is COC1CCCC(Oc2cc(N)cc(F)c2)C1. The quantitative estimate of drug-likeness (QED) is 0.825. The number of hydrogen-bond donors (Lipinski definition) is 1. The molecule has 0 radical (unpaired) electrons. The van der Waals surface area contributed by atoms with Gasteiger partial charge in [0.1, 0.15) is 17.7 Å². The fourth-order valence-corrected chi connectivity index (χ4v) is 2.27. The second kappa shape index (κ2) is 5.36. The first-order valence-corrected chi connectivity index (χ1v) is 5.93. The molecular weight excluding hydrogens is 221 g/mol. The predicted molar refractivity (Wildman–Crippen MR) is 64.5 cm³/mol. The lowest BCUT2D eigenvalue weighted by Crippen LogP contribution is -2.29. The molecule has 4 heteroatoms. The second-order valence-electron chi connectivity index (χ2n) is 4.48. The number of methoxy groups -OCH3 is 1. The maximum atomic E-state index is 13.1. The summed E-state index contributed by atoms with van der Waals surface area (Å²) in [6, 6.07) is 4.30. The van der Waals surface area contributed by atoms with Gasteiger partial charge in [0.05, 0.1) is 6.10 Å². The molecule has 1 aromatic rings. The Morgan fingerprint density at radius 1 is 1.24 bits per heavy atom. The summed E-state index contributed by atoms with van der Waals surface area (Å²) in [5.41, 5.74) is 5.96. The zero-order chi connectivity index (χ0) is 12.3. The second-order valence-corrected chi connectivity index (χ2v) is 4.48. The Kier molecular flexibility index (Phi) is 3.84.